The Kier molecular flexibility index (Phi) is 5.16. The summed E-state index contributed by atoms with van der Waals surface area (Å²) in [7, 11) is 0. The van der Waals surface area contributed by atoms with E-state index in [-0.39, 0.29) is 5.12 Å². The zero-order valence-electron chi connectivity index (χ0n) is 8.28. The molecule has 0 aliphatic heterocycles. The van der Waals surface area contributed by atoms with E-state index in [1.54, 1.807) is 13.0 Å². The van der Waals surface area contributed by atoms with Crippen LogP contribution in [0.2, 0.25) is 0 Å². The Labute approximate surface area is 97.1 Å². The molecule has 1 aromatic heterocycles. The summed E-state index contributed by atoms with van der Waals surface area (Å²) in [6.45, 7) is 1.55. The topological polar surface area (TPSA) is 34.1 Å². The van der Waals surface area contributed by atoms with Crippen molar-refractivity contribution < 1.29 is 9.59 Å². The minimum Gasteiger partial charge on any atom is -0.297 e. The average Bonchev–Trinajstić information content (AvgIpc) is 2.65. The van der Waals surface area contributed by atoms with Crippen LogP contribution in [0.5, 0.6) is 0 Å². The molecule has 1 aromatic rings. The lowest BCUT2D eigenvalue weighted by atomic mass is 10.3. The van der Waals surface area contributed by atoms with Crippen molar-refractivity contribution in [3.63, 3.8) is 0 Å². The van der Waals surface area contributed by atoms with Crippen molar-refractivity contribution >= 4 is 34.5 Å². The maximum atomic E-state index is 10.6. The highest BCUT2D eigenvalue weighted by molar-refractivity contribution is 8.13. The Balaban J connectivity index is 2.37. The summed E-state index contributed by atoms with van der Waals surface area (Å²) in [6, 6.07) is 1.77. The number of hydrogen-bond donors (Lipinski definition) is 0. The number of thioether (sulfide) groups is 1. The monoisotopic (exact) mass is 238 g/mol. The molecule has 0 aliphatic rings. The number of aldehydes is 1. The maximum absolute atomic E-state index is 10.6. The summed E-state index contributed by atoms with van der Waals surface area (Å²) in [5.74, 6) is 6.64. The molecule has 0 aromatic carbocycles. The molecule has 0 N–H and O–H groups in total. The summed E-state index contributed by atoms with van der Waals surface area (Å²) >= 11 is 2.67. The number of carbonyl (C=O) groups excluding carboxylic acids is 2. The van der Waals surface area contributed by atoms with Gasteiger partial charge in [-0.05, 0) is 6.07 Å². The molecule has 0 radical (unpaired) electrons. The molecular weight excluding hydrogens is 228 g/mol. The smallest absolute Gasteiger partial charge is 0.185 e. The van der Waals surface area contributed by atoms with Crippen LogP contribution in [-0.2, 0) is 4.79 Å². The van der Waals surface area contributed by atoms with E-state index in [9.17, 15) is 9.59 Å². The first kappa shape index (κ1) is 12.0. The first-order chi connectivity index (χ1) is 7.22. The molecule has 0 unspecified atom stereocenters. The predicted octanol–water partition coefficient (Wildman–Crippen LogP) is 2.58. The van der Waals surface area contributed by atoms with Crippen LogP contribution in [0.15, 0.2) is 11.4 Å². The zero-order chi connectivity index (χ0) is 11.1. The molecular formula is C11H10O2S2. The standard InChI is InChI=1S/C11H10O2S2/c1-9(13)14-5-3-2-4-10-6-11(7-12)15-8-10/h6-8H,3,5H2,1H3. The fourth-order valence-electron chi connectivity index (χ4n) is 0.891. The van der Waals surface area contributed by atoms with Gasteiger partial charge < -0.3 is 0 Å². The van der Waals surface area contributed by atoms with Gasteiger partial charge in [0.15, 0.2) is 11.4 Å². The molecule has 1 heterocycles. The SMILES string of the molecule is CC(=O)SCCC#Cc1csc(C=O)c1. The lowest BCUT2D eigenvalue weighted by Crippen LogP contribution is -1.83. The molecule has 78 valence electrons. The van der Waals surface area contributed by atoms with Crippen molar-refractivity contribution in [3.05, 3.63) is 21.9 Å². The van der Waals surface area contributed by atoms with E-state index in [4.69, 9.17) is 0 Å². The van der Waals surface area contributed by atoms with Crippen LogP contribution in [0.1, 0.15) is 28.6 Å². The predicted molar refractivity (Wildman–Crippen MR) is 64.3 cm³/mol. The van der Waals surface area contributed by atoms with Crippen molar-refractivity contribution in [2.24, 2.45) is 0 Å². The Hall–Kier alpha value is -1.05. The molecule has 4 heteroatoms. The minimum atomic E-state index is 0.121. The van der Waals surface area contributed by atoms with E-state index in [1.165, 1.54) is 23.1 Å². The molecule has 2 nitrogen and oxygen atoms in total. The van der Waals surface area contributed by atoms with Crippen LogP contribution >= 0.6 is 23.1 Å². The van der Waals surface area contributed by atoms with Gasteiger partial charge in [0.2, 0.25) is 0 Å². The van der Waals surface area contributed by atoms with Gasteiger partial charge in [0.05, 0.1) is 4.88 Å². The summed E-state index contributed by atoms with van der Waals surface area (Å²) in [5.41, 5.74) is 0.870. The lowest BCUT2D eigenvalue weighted by molar-refractivity contribution is -0.109. The zero-order valence-corrected chi connectivity index (χ0v) is 9.91. The highest BCUT2D eigenvalue weighted by Crippen LogP contribution is 2.11. The van der Waals surface area contributed by atoms with Crippen molar-refractivity contribution in [1.29, 1.82) is 0 Å². The third kappa shape index (κ3) is 4.82. The first-order valence-electron chi connectivity index (χ1n) is 4.38. The van der Waals surface area contributed by atoms with Crippen molar-refractivity contribution in [2.75, 3.05) is 5.75 Å². The van der Waals surface area contributed by atoms with E-state index < -0.39 is 0 Å². The van der Waals surface area contributed by atoms with Crippen molar-refractivity contribution in [3.8, 4) is 11.8 Å². The molecule has 0 saturated heterocycles. The molecule has 0 bridgehead atoms. The van der Waals surface area contributed by atoms with Gasteiger partial charge in [-0.25, -0.2) is 0 Å². The number of thiophene rings is 1. The molecule has 15 heavy (non-hydrogen) atoms. The van der Waals surface area contributed by atoms with Crippen LogP contribution in [0, 0.1) is 11.8 Å². The van der Waals surface area contributed by atoms with Crippen LogP contribution in [0.25, 0.3) is 0 Å². The van der Waals surface area contributed by atoms with E-state index in [0.29, 0.717) is 11.3 Å². The van der Waals surface area contributed by atoms with E-state index in [0.717, 1.165) is 17.6 Å². The number of hydrogen-bond acceptors (Lipinski definition) is 4. The molecule has 0 amide bonds. The Morgan fingerprint density at radius 3 is 3.07 bits per heavy atom. The second-order valence-corrected chi connectivity index (χ2v) is 4.96. The highest BCUT2D eigenvalue weighted by Gasteiger charge is 1.94. The maximum Gasteiger partial charge on any atom is 0.185 e. The number of rotatable bonds is 3. The van der Waals surface area contributed by atoms with Gasteiger partial charge in [-0.1, -0.05) is 23.6 Å². The second kappa shape index (κ2) is 6.44. The van der Waals surface area contributed by atoms with Crippen LogP contribution in [0.3, 0.4) is 0 Å². The lowest BCUT2D eigenvalue weighted by Gasteiger charge is -1.87. The van der Waals surface area contributed by atoms with Gasteiger partial charge in [0.1, 0.15) is 0 Å². The first-order valence-corrected chi connectivity index (χ1v) is 6.25. The quantitative estimate of drug-likeness (QED) is 0.461. The normalized spacial score (nSPS) is 9.13. The molecule has 1 rings (SSSR count). The minimum absolute atomic E-state index is 0.121. The van der Waals surface area contributed by atoms with Gasteiger partial charge in [-0.15, -0.1) is 11.3 Å². The summed E-state index contributed by atoms with van der Waals surface area (Å²) in [4.78, 5) is 21.7. The van der Waals surface area contributed by atoms with Crippen LogP contribution in [-0.4, -0.2) is 17.2 Å². The fourth-order valence-corrected chi connectivity index (χ4v) is 2.02. The molecule has 0 fully saturated rings. The van der Waals surface area contributed by atoms with Crippen molar-refractivity contribution in [1.82, 2.24) is 0 Å². The summed E-state index contributed by atoms with van der Waals surface area (Å²) in [5, 5.41) is 1.98. The molecule has 0 spiro atoms. The van der Waals surface area contributed by atoms with Crippen molar-refractivity contribution in [2.45, 2.75) is 13.3 Å². The van der Waals surface area contributed by atoms with E-state index >= 15 is 0 Å². The number of carbonyl (C=O) groups is 2. The van der Waals surface area contributed by atoms with Gasteiger partial charge >= 0.3 is 0 Å². The van der Waals surface area contributed by atoms with E-state index in [2.05, 4.69) is 11.8 Å². The molecule has 0 atom stereocenters. The Morgan fingerprint density at radius 2 is 2.47 bits per heavy atom. The van der Waals surface area contributed by atoms with Crippen LogP contribution < -0.4 is 0 Å². The third-order valence-corrected chi connectivity index (χ3v) is 3.17. The Morgan fingerprint density at radius 1 is 1.67 bits per heavy atom. The average molecular weight is 238 g/mol. The molecule has 0 saturated carbocycles. The second-order valence-electron chi connectivity index (χ2n) is 2.75. The largest absolute Gasteiger partial charge is 0.297 e. The van der Waals surface area contributed by atoms with Gasteiger partial charge in [-0.2, -0.15) is 0 Å². The van der Waals surface area contributed by atoms with Gasteiger partial charge in [-0.3, -0.25) is 9.59 Å². The van der Waals surface area contributed by atoms with E-state index in [1.807, 2.05) is 5.38 Å². The summed E-state index contributed by atoms with van der Waals surface area (Å²) < 4.78 is 0. The van der Waals surface area contributed by atoms with Gasteiger partial charge in [0.25, 0.3) is 0 Å². The fraction of sp³-hybridized carbons (Fsp3) is 0.273. The highest BCUT2D eigenvalue weighted by atomic mass is 32.2. The van der Waals surface area contributed by atoms with Crippen LogP contribution in [0.4, 0.5) is 0 Å². The summed E-state index contributed by atoms with van der Waals surface area (Å²) in [6.07, 6.45) is 1.51. The Bertz CT molecular complexity index is 410. The molecule has 0 aliphatic carbocycles. The van der Waals surface area contributed by atoms with Gasteiger partial charge in [0, 0.05) is 30.0 Å². The third-order valence-electron chi connectivity index (χ3n) is 1.50.